The van der Waals surface area contributed by atoms with Crippen molar-refractivity contribution < 1.29 is 18.3 Å². The fourth-order valence-corrected chi connectivity index (χ4v) is 3.65. The van der Waals surface area contributed by atoms with Crippen LogP contribution in [0.3, 0.4) is 0 Å². The Kier molecular flexibility index (Phi) is 5.15. The molecule has 6 heteroatoms. The summed E-state index contributed by atoms with van der Waals surface area (Å²) in [6, 6.07) is 9.45. The zero-order valence-electron chi connectivity index (χ0n) is 16.0. The minimum atomic E-state index is -0.341. The van der Waals surface area contributed by atoms with E-state index in [2.05, 4.69) is 4.90 Å². The van der Waals surface area contributed by atoms with Gasteiger partial charge in [0.2, 0.25) is 5.43 Å². The van der Waals surface area contributed by atoms with Gasteiger partial charge in [-0.15, -0.1) is 0 Å². The monoisotopic (exact) mass is 383 g/mol. The lowest BCUT2D eigenvalue weighted by Gasteiger charge is -2.29. The van der Waals surface area contributed by atoms with Crippen molar-refractivity contribution in [2.75, 3.05) is 27.0 Å². The molecule has 146 valence electrons. The molecule has 1 aliphatic rings. The molecular formula is C22H22FNO4. The molecule has 2 aromatic carbocycles. The minimum absolute atomic E-state index is 0.121. The quantitative estimate of drug-likeness (QED) is 0.621. The highest BCUT2D eigenvalue weighted by molar-refractivity contribution is 5.86. The van der Waals surface area contributed by atoms with Crippen molar-refractivity contribution in [3.05, 3.63) is 63.8 Å². The molecule has 1 aromatic heterocycles. The van der Waals surface area contributed by atoms with Crippen LogP contribution in [0.25, 0.3) is 22.1 Å². The molecular weight excluding hydrogens is 361 g/mol. The molecule has 5 nitrogen and oxygen atoms in total. The van der Waals surface area contributed by atoms with Gasteiger partial charge >= 0.3 is 0 Å². The normalized spacial score (nSPS) is 14.1. The molecule has 0 unspecified atom stereocenters. The van der Waals surface area contributed by atoms with Gasteiger partial charge in [-0.05, 0) is 43.2 Å². The number of ether oxygens (including phenoxy) is 2. The summed E-state index contributed by atoms with van der Waals surface area (Å²) in [4.78, 5) is 15.3. The van der Waals surface area contributed by atoms with Gasteiger partial charge in [0.1, 0.15) is 29.6 Å². The van der Waals surface area contributed by atoms with Crippen molar-refractivity contribution >= 4 is 11.0 Å². The molecule has 0 saturated carbocycles. The zero-order chi connectivity index (χ0) is 19.7. The number of rotatable bonds is 5. The van der Waals surface area contributed by atoms with E-state index in [4.69, 9.17) is 13.9 Å². The second kappa shape index (κ2) is 7.73. The van der Waals surface area contributed by atoms with Gasteiger partial charge in [0.05, 0.1) is 16.5 Å². The molecule has 1 aliphatic heterocycles. The van der Waals surface area contributed by atoms with E-state index in [9.17, 15) is 9.18 Å². The van der Waals surface area contributed by atoms with E-state index in [0.29, 0.717) is 47.7 Å². The maximum Gasteiger partial charge on any atom is 0.200 e. The number of halogens is 1. The SMILES string of the molecule is COCCCN1COc2ccc3c(=O)c(-c4ccc(F)cc4)c(C)oc3c2C1. The van der Waals surface area contributed by atoms with Crippen molar-refractivity contribution in [3.63, 3.8) is 0 Å². The Morgan fingerprint density at radius 1 is 1.18 bits per heavy atom. The van der Waals surface area contributed by atoms with Crippen LogP contribution in [0.1, 0.15) is 17.7 Å². The summed E-state index contributed by atoms with van der Waals surface area (Å²) in [5.74, 6) is 0.910. The van der Waals surface area contributed by atoms with Crippen LogP contribution in [0.5, 0.6) is 5.75 Å². The fraction of sp³-hybridized carbons (Fsp3) is 0.318. The van der Waals surface area contributed by atoms with E-state index in [1.54, 1.807) is 32.2 Å². The first-order valence-corrected chi connectivity index (χ1v) is 9.28. The number of nitrogens with zero attached hydrogens (tertiary/aromatic N) is 1. The first kappa shape index (κ1) is 18.7. The van der Waals surface area contributed by atoms with Crippen LogP contribution in [0.15, 0.2) is 45.6 Å². The second-order valence-corrected chi connectivity index (χ2v) is 6.96. The molecule has 0 atom stereocenters. The highest BCUT2D eigenvalue weighted by atomic mass is 19.1. The Bertz CT molecular complexity index is 1060. The smallest absolute Gasteiger partial charge is 0.200 e. The summed E-state index contributed by atoms with van der Waals surface area (Å²) in [6.07, 6.45) is 0.900. The number of fused-ring (bicyclic) bond motifs is 3. The average molecular weight is 383 g/mol. The summed E-state index contributed by atoms with van der Waals surface area (Å²) in [7, 11) is 1.69. The summed E-state index contributed by atoms with van der Waals surface area (Å²) in [6.45, 7) is 4.43. The van der Waals surface area contributed by atoms with Gasteiger partial charge in [0.15, 0.2) is 0 Å². The van der Waals surface area contributed by atoms with Crippen LogP contribution in [0.2, 0.25) is 0 Å². The van der Waals surface area contributed by atoms with E-state index in [1.807, 2.05) is 6.07 Å². The zero-order valence-corrected chi connectivity index (χ0v) is 16.0. The lowest BCUT2D eigenvalue weighted by Crippen LogP contribution is -2.33. The van der Waals surface area contributed by atoms with Gasteiger partial charge in [-0.3, -0.25) is 9.69 Å². The van der Waals surface area contributed by atoms with Crippen LogP contribution in [-0.2, 0) is 11.3 Å². The van der Waals surface area contributed by atoms with E-state index in [1.165, 1.54) is 12.1 Å². The van der Waals surface area contributed by atoms with Gasteiger partial charge in [-0.2, -0.15) is 0 Å². The summed E-state index contributed by atoms with van der Waals surface area (Å²) < 4.78 is 30.4. The first-order chi connectivity index (χ1) is 13.6. The molecule has 28 heavy (non-hydrogen) atoms. The van der Waals surface area contributed by atoms with Crippen molar-refractivity contribution in [1.29, 1.82) is 0 Å². The maximum atomic E-state index is 13.3. The summed E-state index contributed by atoms with van der Waals surface area (Å²) >= 11 is 0. The number of hydrogen-bond acceptors (Lipinski definition) is 5. The molecule has 4 rings (SSSR count). The van der Waals surface area contributed by atoms with Crippen LogP contribution in [-0.4, -0.2) is 31.9 Å². The molecule has 0 fully saturated rings. The Labute approximate surface area is 162 Å². The van der Waals surface area contributed by atoms with Crippen LogP contribution in [0.4, 0.5) is 4.39 Å². The van der Waals surface area contributed by atoms with Gasteiger partial charge < -0.3 is 13.9 Å². The lowest BCUT2D eigenvalue weighted by atomic mass is 10.0. The minimum Gasteiger partial charge on any atom is -0.478 e. The third kappa shape index (κ3) is 3.41. The molecule has 0 spiro atoms. The van der Waals surface area contributed by atoms with Crippen molar-refractivity contribution in [1.82, 2.24) is 4.90 Å². The number of benzene rings is 2. The Morgan fingerprint density at radius 2 is 1.96 bits per heavy atom. The van der Waals surface area contributed by atoms with Gasteiger partial charge in [0.25, 0.3) is 0 Å². The third-order valence-corrected chi connectivity index (χ3v) is 5.04. The van der Waals surface area contributed by atoms with Gasteiger partial charge in [0, 0.05) is 26.8 Å². The largest absolute Gasteiger partial charge is 0.478 e. The number of aryl methyl sites for hydroxylation is 1. The molecule has 0 aliphatic carbocycles. The summed E-state index contributed by atoms with van der Waals surface area (Å²) in [5.41, 5.74) is 2.42. The first-order valence-electron chi connectivity index (χ1n) is 9.28. The van der Waals surface area contributed by atoms with Crippen LogP contribution in [0, 0.1) is 12.7 Å². The standard InChI is InChI=1S/C22H22FNO4/c1-14-20(15-4-6-16(23)7-5-15)21(25)17-8-9-19-18(22(17)28-14)12-24(13-27-19)10-3-11-26-2/h4-9H,3,10-13H2,1-2H3. The fourth-order valence-electron chi connectivity index (χ4n) is 3.65. The van der Waals surface area contributed by atoms with E-state index >= 15 is 0 Å². The highest BCUT2D eigenvalue weighted by Gasteiger charge is 2.23. The second-order valence-electron chi connectivity index (χ2n) is 6.96. The Hall–Kier alpha value is -2.70. The Morgan fingerprint density at radius 3 is 2.71 bits per heavy atom. The molecule has 0 radical (unpaired) electrons. The predicted molar refractivity (Wildman–Crippen MR) is 105 cm³/mol. The third-order valence-electron chi connectivity index (χ3n) is 5.04. The van der Waals surface area contributed by atoms with Crippen LogP contribution >= 0.6 is 0 Å². The maximum absolute atomic E-state index is 13.3. The average Bonchev–Trinajstić information content (AvgIpc) is 2.69. The number of methoxy groups -OCH3 is 1. The lowest BCUT2D eigenvalue weighted by molar-refractivity contribution is 0.0838. The topological polar surface area (TPSA) is 51.9 Å². The Balaban J connectivity index is 1.77. The molecule has 0 N–H and O–H groups in total. The van der Waals surface area contributed by atoms with Crippen molar-refractivity contribution in [2.24, 2.45) is 0 Å². The summed E-state index contributed by atoms with van der Waals surface area (Å²) in [5, 5.41) is 0.506. The highest BCUT2D eigenvalue weighted by Crippen LogP contribution is 2.33. The van der Waals surface area contributed by atoms with Crippen molar-refractivity contribution in [3.8, 4) is 16.9 Å². The van der Waals surface area contributed by atoms with Crippen LogP contribution < -0.4 is 10.2 Å². The molecule has 2 heterocycles. The van der Waals surface area contributed by atoms with Gasteiger partial charge in [-0.1, -0.05) is 12.1 Å². The van der Waals surface area contributed by atoms with Gasteiger partial charge in [-0.25, -0.2) is 4.39 Å². The molecule has 0 amide bonds. The van der Waals surface area contributed by atoms with Crippen molar-refractivity contribution in [2.45, 2.75) is 19.9 Å². The van der Waals surface area contributed by atoms with E-state index in [0.717, 1.165) is 24.3 Å². The predicted octanol–water partition coefficient (Wildman–Crippen LogP) is 4.10. The number of hydrogen-bond donors (Lipinski definition) is 0. The van der Waals surface area contributed by atoms with E-state index in [-0.39, 0.29) is 11.2 Å². The van der Waals surface area contributed by atoms with E-state index < -0.39 is 0 Å². The molecule has 3 aromatic rings. The molecule has 0 saturated heterocycles. The molecule has 0 bridgehead atoms.